The van der Waals surface area contributed by atoms with Crippen LogP contribution in [0.1, 0.15) is 37.3 Å². The first kappa shape index (κ1) is 15.9. The second-order valence-electron chi connectivity index (χ2n) is 5.97. The Morgan fingerprint density at radius 2 is 2.00 bits per heavy atom. The molecule has 1 aromatic carbocycles. The van der Waals surface area contributed by atoms with Gasteiger partial charge in [-0.2, -0.15) is 11.8 Å². The number of hydrogen-bond donors (Lipinski definition) is 1. The number of benzene rings is 1. The topological polar surface area (TPSA) is 15.3 Å². The first-order valence-corrected chi connectivity index (χ1v) is 9.09. The molecule has 3 heteroatoms. The number of rotatable bonds is 9. The maximum Gasteiger partial charge on any atom is 0.0236 e. The molecule has 0 bridgehead atoms. The zero-order chi connectivity index (χ0) is 14.4. The first-order valence-electron chi connectivity index (χ1n) is 7.70. The molecule has 0 amide bonds. The van der Waals surface area contributed by atoms with Gasteiger partial charge in [-0.05, 0) is 56.4 Å². The Morgan fingerprint density at radius 3 is 2.65 bits per heavy atom. The van der Waals surface area contributed by atoms with Crippen molar-refractivity contribution in [3.05, 3.63) is 35.4 Å². The minimum absolute atomic E-state index is 0.645. The smallest absolute Gasteiger partial charge is 0.0236 e. The van der Waals surface area contributed by atoms with Crippen molar-refractivity contribution in [1.82, 2.24) is 10.2 Å². The van der Waals surface area contributed by atoms with Crippen LogP contribution in [0.2, 0.25) is 0 Å². The predicted molar refractivity (Wildman–Crippen MR) is 90.2 cm³/mol. The van der Waals surface area contributed by atoms with Crippen molar-refractivity contribution in [2.45, 2.75) is 51.4 Å². The van der Waals surface area contributed by atoms with Crippen molar-refractivity contribution < 1.29 is 0 Å². The average molecular weight is 292 g/mol. The van der Waals surface area contributed by atoms with Crippen LogP contribution in [-0.4, -0.2) is 36.0 Å². The van der Waals surface area contributed by atoms with Crippen molar-refractivity contribution in [2.24, 2.45) is 0 Å². The highest BCUT2D eigenvalue weighted by molar-refractivity contribution is 7.98. The van der Waals surface area contributed by atoms with E-state index in [-0.39, 0.29) is 0 Å². The largest absolute Gasteiger partial charge is 0.310 e. The molecule has 0 saturated heterocycles. The Morgan fingerprint density at radius 1 is 1.30 bits per heavy atom. The van der Waals surface area contributed by atoms with E-state index in [1.807, 2.05) is 11.8 Å². The predicted octanol–water partition coefficient (Wildman–Crippen LogP) is 3.51. The lowest BCUT2D eigenvalue weighted by Crippen LogP contribution is -2.29. The molecule has 1 atom stereocenters. The Kier molecular flexibility index (Phi) is 6.40. The van der Waals surface area contributed by atoms with Gasteiger partial charge < -0.3 is 5.32 Å². The van der Waals surface area contributed by atoms with Crippen LogP contribution >= 0.6 is 11.8 Å². The van der Waals surface area contributed by atoms with Crippen molar-refractivity contribution in [2.75, 3.05) is 19.1 Å². The number of nitrogens with zero attached hydrogens (tertiary/aromatic N) is 1. The number of nitrogens with one attached hydrogen (secondary N) is 1. The molecule has 2 nitrogen and oxygen atoms in total. The van der Waals surface area contributed by atoms with Gasteiger partial charge in [-0.25, -0.2) is 0 Å². The summed E-state index contributed by atoms with van der Waals surface area (Å²) in [5.41, 5.74) is 2.93. The lowest BCUT2D eigenvalue weighted by Gasteiger charge is -2.25. The van der Waals surface area contributed by atoms with Crippen LogP contribution in [-0.2, 0) is 13.1 Å². The summed E-state index contributed by atoms with van der Waals surface area (Å²) < 4.78 is 0. The number of thioether (sulfide) groups is 1. The molecule has 1 saturated carbocycles. The zero-order valence-corrected chi connectivity index (χ0v) is 13.9. The van der Waals surface area contributed by atoms with Gasteiger partial charge in [0.05, 0.1) is 0 Å². The molecule has 1 aliphatic rings. The highest BCUT2D eigenvalue weighted by atomic mass is 32.2. The van der Waals surface area contributed by atoms with Gasteiger partial charge >= 0.3 is 0 Å². The Balaban J connectivity index is 1.89. The van der Waals surface area contributed by atoms with E-state index in [9.17, 15) is 0 Å². The molecule has 2 rings (SSSR count). The molecule has 0 heterocycles. The average Bonchev–Trinajstić information content (AvgIpc) is 3.28. The fraction of sp³-hybridized carbons (Fsp3) is 0.647. The standard InChI is InChI=1S/C17H28N2S/c1-14(10-11-20-3)19(2)13-16-7-5-4-6-15(16)12-18-17-8-9-17/h4-7,14,17-18H,8-13H2,1-3H3. The Bertz CT molecular complexity index is 404. The van der Waals surface area contributed by atoms with Crippen LogP contribution in [0.25, 0.3) is 0 Å². The lowest BCUT2D eigenvalue weighted by molar-refractivity contribution is 0.244. The van der Waals surface area contributed by atoms with Crippen LogP contribution in [0.3, 0.4) is 0 Å². The Hall–Kier alpha value is -0.510. The molecule has 0 radical (unpaired) electrons. The molecular formula is C17H28N2S. The van der Waals surface area contributed by atoms with Gasteiger partial charge in [-0.15, -0.1) is 0 Å². The maximum absolute atomic E-state index is 3.63. The van der Waals surface area contributed by atoms with E-state index in [2.05, 4.69) is 54.7 Å². The quantitative estimate of drug-likeness (QED) is 0.750. The van der Waals surface area contributed by atoms with E-state index in [4.69, 9.17) is 0 Å². The summed E-state index contributed by atoms with van der Waals surface area (Å²) in [7, 11) is 2.25. The highest BCUT2D eigenvalue weighted by Crippen LogP contribution is 2.20. The lowest BCUT2D eigenvalue weighted by atomic mass is 10.1. The molecule has 1 unspecified atom stereocenters. The van der Waals surface area contributed by atoms with E-state index >= 15 is 0 Å². The minimum Gasteiger partial charge on any atom is -0.310 e. The fourth-order valence-electron chi connectivity index (χ4n) is 2.36. The van der Waals surface area contributed by atoms with Gasteiger partial charge in [0.2, 0.25) is 0 Å². The van der Waals surface area contributed by atoms with Crippen LogP contribution in [0.5, 0.6) is 0 Å². The van der Waals surface area contributed by atoms with Crippen molar-refractivity contribution in [3.63, 3.8) is 0 Å². The second-order valence-corrected chi connectivity index (χ2v) is 6.96. The molecule has 112 valence electrons. The molecule has 1 aliphatic carbocycles. The van der Waals surface area contributed by atoms with Gasteiger partial charge in [-0.1, -0.05) is 24.3 Å². The van der Waals surface area contributed by atoms with Crippen molar-refractivity contribution in [1.29, 1.82) is 0 Å². The third kappa shape index (κ3) is 5.12. The summed E-state index contributed by atoms with van der Waals surface area (Å²) in [5.74, 6) is 1.25. The van der Waals surface area contributed by atoms with Gasteiger partial charge in [0.25, 0.3) is 0 Å². The van der Waals surface area contributed by atoms with E-state index in [1.165, 1.54) is 36.1 Å². The zero-order valence-electron chi connectivity index (χ0n) is 13.1. The summed E-state index contributed by atoms with van der Waals surface area (Å²) in [6, 6.07) is 10.3. The normalized spacial score (nSPS) is 16.6. The summed E-state index contributed by atoms with van der Waals surface area (Å²) in [6.45, 7) is 4.41. The molecule has 1 aromatic rings. The molecule has 0 aromatic heterocycles. The minimum atomic E-state index is 0.645. The van der Waals surface area contributed by atoms with Crippen LogP contribution in [0.15, 0.2) is 24.3 Å². The molecule has 0 aliphatic heterocycles. The fourth-order valence-corrected chi connectivity index (χ4v) is 2.94. The molecular weight excluding hydrogens is 264 g/mol. The SMILES string of the molecule is CSCCC(C)N(C)Cc1ccccc1CNC1CC1. The van der Waals surface area contributed by atoms with Gasteiger partial charge in [0, 0.05) is 25.2 Å². The van der Waals surface area contributed by atoms with Crippen LogP contribution in [0, 0.1) is 0 Å². The number of hydrogen-bond acceptors (Lipinski definition) is 3. The van der Waals surface area contributed by atoms with E-state index < -0.39 is 0 Å². The van der Waals surface area contributed by atoms with Crippen molar-refractivity contribution in [3.8, 4) is 0 Å². The van der Waals surface area contributed by atoms with E-state index in [1.54, 1.807) is 0 Å². The van der Waals surface area contributed by atoms with E-state index in [0.717, 1.165) is 19.1 Å². The summed E-state index contributed by atoms with van der Waals surface area (Å²) in [4.78, 5) is 2.48. The summed E-state index contributed by atoms with van der Waals surface area (Å²) in [5, 5.41) is 3.63. The van der Waals surface area contributed by atoms with E-state index in [0.29, 0.717) is 6.04 Å². The van der Waals surface area contributed by atoms with Gasteiger partial charge in [-0.3, -0.25) is 4.90 Å². The maximum atomic E-state index is 3.63. The Labute approximate surface area is 128 Å². The van der Waals surface area contributed by atoms with Crippen molar-refractivity contribution >= 4 is 11.8 Å². The van der Waals surface area contributed by atoms with Gasteiger partial charge in [0.15, 0.2) is 0 Å². The summed E-state index contributed by atoms with van der Waals surface area (Å²) >= 11 is 1.94. The summed E-state index contributed by atoms with van der Waals surface area (Å²) in [6.07, 6.45) is 6.16. The van der Waals surface area contributed by atoms with Crippen LogP contribution in [0.4, 0.5) is 0 Å². The first-order chi connectivity index (χ1) is 9.70. The second kappa shape index (κ2) is 8.06. The highest BCUT2D eigenvalue weighted by Gasteiger charge is 2.20. The van der Waals surface area contributed by atoms with Gasteiger partial charge in [0.1, 0.15) is 0 Å². The molecule has 0 spiro atoms. The third-order valence-corrected chi connectivity index (χ3v) is 4.83. The van der Waals surface area contributed by atoms with Crippen LogP contribution < -0.4 is 5.32 Å². The monoisotopic (exact) mass is 292 g/mol. The molecule has 1 N–H and O–H groups in total. The molecule has 1 fully saturated rings. The molecule has 20 heavy (non-hydrogen) atoms. The third-order valence-electron chi connectivity index (χ3n) is 4.19.